The molecule has 118 valence electrons. The van der Waals surface area contributed by atoms with Crippen LogP contribution in [-0.2, 0) is 21.2 Å². The van der Waals surface area contributed by atoms with Crippen molar-refractivity contribution < 1.29 is 18.3 Å². The van der Waals surface area contributed by atoms with Gasteiger partial charge in [-0.3, -0.25) is 4.79 Å². The number of rotatable bonds is 7. The highest BCUT2D eigenvalue weighted by Crippen LogP contribution is 2.19. The van der Waals surface area contributed by atoms with E-state index < -0.39 is 22.0 Å². The first-order valence-electron chi connectivity index (χ1n) is 7.00. The normalized spacial score (nSPS) is 13.6. The molecule has 0 aliphatic carbocycles. The first-order valence-corrected chi connectivity index (χ1v) is 8.44. The molecule has 1 N–H and O–H groups in total. The van der Waals surface area contributed by atoms with Crippen molar-refractivity contribution in [2.75, 3.05) is 7.05 Å². The zero-order valence-corrected chi connectivity index (χ0v) is 13.7. The Morgan fingerprint density at radius 3 is 2.14 bits per heavy atom. The molecule has 0 fully saturated rings. The lowest BCUT2D eigenvalue weighted by molar-refractivity contribution is -0.141. The van der Waals surface area contributed by atoms with E-state index in [2.05, 4.69) is 13.8 Å². The third kappa shape index (κ3) is 4.28. The molecule has 5 nitrogen and oxygen atoms in total. The van der Waals surface area contributed by atoms with Gasteiger partial charge in [-0.15, -0.1) is 0 Å². The molecule has 0 spiro atoms. The summed E-state index contributed by atoms with van der Waals surface area (Å²) >= 11 is 0. The summed E-state index contributed by atoms with van der Waals surface area (Å²) < 4.78 is 25.8. The van der Waals surface area contributed by atoms with Gasteiger partial charge in [-0.1, -0.05) is 32.9 Å². The Morgan fingerprint density at radius 2 is 1.76 bits per heavy atom. The molecule has 0 aromatic heterocycles. The minimum absolute atomic E-state index is 0.122. The van der Waals surface area contributed by atoms with Gasteiger partial charge in [0.1, 0.15) is 6.04 Å². The molecule has 1 atom stereocenters. The second-order valence-electron chi connectivity index (χ2n) is 5.53. The fraction of sp³-hybridized carbons (Fsp3) is 0.533. The number of carboxylic acids is 1. The molecule has 0 saturated heterocycles. The molecule has 0 saturated carbocycles. The van der Waals surface area contributed by atoms with Crippen LogP contribution >= 0.6 is 0 Å². The second kappa shape index (κ2) is 7.04. The predicted molar refractivity (Wildman–Crippen MR) is 81.6 cm³/mol. The molecular weight excluding hydrogens is 290 g/mol. The van der Waals surface area contributed by atoms with Gasteiger partial charge in [0, 0.05) is 7.05 Å². The van der Waals surface area contributed by atoms with Crippen molar-refractivity contribution in [3.63, 3.8) is 0 Å². The summed E-state index contributed by atoms with van der Waals surface area (Å²) in [6.07, 6.45) is 1.10. The highest BCUT2D eigenvalue weighted by molar-refractivity contribution is 7.89. The van der Waals surface area contributed by atoms with Gasteiger partial charge < -0.3 is 5.11 Å². The van der Waals surface area contributed by atoms with E-state index in [0.717, 1.165) is 16.3 Å². The van der Waals surface area contributed by atoms with Crippen molar-refractivity contribution in [2.24, 2.45) is 5.92 Å². The number of likely N-dealkylation sites (N-methyl/N-ethyl adjacent to an activating group) is 1. The van der Waals surface area contributed by atoms with Crippen LogP contribution in [0, 0.1) is 5.92 Å². The Kier molecular flexibility index (Phi) is 5.92. The third-order valence-electron chi connectivity index (χ3n) is 3.35. The molecule has 1 aromatic rings. The van der Waals surface area contributed by atoms with Crippen molar-refractivity contribution in [3.05, 3.63) is 29.8 Å². The number of hydrogen-bond donors (Lipinski definition) is 1. The molecule has 0 aliphatic heterocycles. The smallest absolute Gasteiger partial charge is 0.321 e. The SMILES string of the molecule is CCC(C(=O)O)N(C)S(=O)(=O)c1ccc(CC(C)C)cc1. The minimum atomic E-state index is -3.79. The summed E-state index contributed by atoms with van der Waals surface area (Å²) in [7, 11) is -2.48. The Balaban J connectivity index is 3.04. The van der Waals surface area contributed by atoms with E-state index >= 15 is 0 Å². The van der Waals surface area contributed by atoms with E-state index in [-0.39, 0.29) is 11.3 Å². The number of carbonyl (C=O) groups is 1. The summed E-state index contributed by atoms with van der Waals surface area (Å²) in [4.78, 5) is 11.2. The summed E-state index contributed by atoms with van der Waals surface area (Å²) in [5.74, 6) is -0.647. The van der Waals surface area contributed by atoms with Gasteiger partial charge in [0.2, 0.25) is 10.0 Å². The zero-order chi connectivity index (χ0) is 16.2. The van der Waals surface area contributed by atoms with Crippen LogP contribution in [0.5, 0.6) is 0 Å². The fourth-order valence-corrected chi connectivity index (χ4v) is 3.58. The van der Waals surface area contributed by atoms with E-state index in [4.69, 9.17) is 5.11 Å². The van der Waals surface area contributed by atoms with Crippen molar-refractivity contribution >= 4 is 16.0 Å². The monoisotopic (exact) mass is 313 g/mol. The third-order valence-corrected chi connectivity index (χ3v) is 5.24. The van der Waals surface area contributed by atoms with Crippen molar-refractivity contribution in [1.82, 2.24) is 4.31 Å². The quantitative estimate of drug-likeness (QED) is 0.838. The molecule has 0 aliphatic rings. The number of carboxylic acid groups (broad SMARTS) is 1. The maximum atomic E-state index is 12.4. The molecule has 1 rings (SSSR count). The van der Waals surface area contributed by atoms with E-state index in [1.807, 2.05) is 0 Å². The van der Waals surface area contributed by atoms with Crippen LogP contribution in [0.15, 0.2) is 29.2 Å². The van der Waals surface area contributed by atoms with E-state index in [1.165, 1.54) is 19.2 Å². The van der Waals surface area contributed by atoms with Crippen LogP contribution < -0.4 is 0 Å². The molecule has 21 heavy (non-hydrogen) atoms. The van der Waals surface area contributed by atoms with Gasteiger partial charge >= 0.3 is 5.97 Å². The Bertz CT molecular complexity index is 578. The van der Waals surface area contributed by atoms with Gasteiger partial charge in [-0.25, -0.2) is 8.42 Å². The number of sulfonamides is 1. The number of aliphatic carboxylic acids is 1. The molecule has 6 heteroatoms. The highest BCUT2D eigenvalue weighted by atomic mass is 32.2. The Labute approximate surface area is 126 Å². The van der Waals surface area contributed by atoms with Crippen LogP contribution in [-0.4, -0.2) is 36.9 Å². The molecule has 0 bridgehead atoms. The maximum absolute atomic E-state index is 12.4. The highest BCUT2D eigenvalue weighted by Gasteiger charge is 2.31. The Hall–Kier alpha value is -1.40. The summed E-state index contributed by atoms with van der Waals surface area (Å²) in [6.45, 7) is 5.84. The summed E-state index contributed by atoms with van der Waals surface area (Å²) in [5.41, 5.74) is 1.07. The van der Waals surface area contributed by atoms with Crippen LogP contribution in [0.25, 0.3) is 0 Å². The largest absolute Gasteiger partial charge is 0.480 e. The summed E-state index contributed by atoms with van der Waals surface area (Å²) in [5, 5.41) is 9.09. The van der Waals surface area contributed by atoms with Gasteiger partial charge in [0.05, 0.1) is 4.90 Å². The fourth-order valence-electron chi connectivity index (χ4n) is 2.19. The standard InChI is InChI=1S/C15H23NO4S/c1-5-14(15(17)18)16(4)21(19,20)13-8-6-12(7-9-13)10-11(2)3/h6-9,11,14H,5,10H2,1-4H3,(H,17,18). The van der Waals surface area contributed by atoms with Crippen LogP contribution in [0.2, 0.25) is 0 Å². The van der Waals surface area contributed by atoms with E-state index in [1.54, 1.807) is 19.1 Å². The second-order valence-corrected chi connectivity index (χ2v) is 7.52. The van der Waals surface area contributed by atoms with E-state index in [9.17, 15) is 13.2 Å². The van der Waals surface area contributed by atoms with Crippen LogP contribution in [0.4, 0.5) is 0 Å². The molecule has 1 aromatic carbocycles. The van der Waals surface area contributed by atoms with Crippen molar-refractivity contribution in [1.29, 1.82) is 0 Å². The molecule has 0 heterocycles. The molecule has 0 radical (unpaired) electrons. The first kappa shape index (κ1) is 17.7. The van der Waals surface area contributed by atoms with Gasteiger partial charge in [0.15, 0.2) is 0 Å². The molecule has 0 amide bonds. The molecule has 1 unspecified atom stereocenters. The number of hydrogen-bond acceptors (Lipinski definition) is 3. The minimum Gasteiger partial charge on any atom is -0.480 e. The number of benzene rings is 1. The molecular formula is C15H23NO4S. The lowest BCUT2D eigenvalue weighted by Crippen LogP contribution is -2.41. The van der Waals surface area contributed by atoms with Crippen LogP contribution in [0.1, 0.15) is 32.8 Å². The average Bonchev–Trinajstić information content (AvgIpc) is 2.38. The lowest BCUT2D eigenvalue weighted by Gasteiger charge is -2.23. The maximum Gasteiger partial charge on any atom is 0.321 e. The van der Waals surface area contributed by atoms with Gasteiger partial charge in [-0.2, -0.15) is 4.31 Å². The van der Waals surface area contributed by atoms with Crippen molar-refractivity contribution in [2.45, 2.75) is 44.6 Å². The van der Waals surface area contributed by atoms with Gasteiger partial charge in [0.25, 0.3) is 0 Å². The summed E-state index contributed by atoms with van der Waals surface area (Å²) in [6, 6.07) is 5.59. The van der Waals surface area contributed by atoms with E-state index in [0.29, 0.717) is 5.92 Å². The lowest BCUT2D eigenvalue weighted by atomic mass is 10.0. The Morgan fingerprint density at radius 1 is 1.24 bits per heavy atom. The predicted octanol–water partition coefficient (Wildman–Crippen LogP) is 2.37. The topological polar surface area (TPSA) is 74.7 Å². The average molecular weight is 313 g/mol. The zero-order valence-electron chi connectivity index (χ0n) is 12.9. The van der Waals surface area contributed by atoms with Gasteiger partial charge in [-0.05, 0) is 36.5 Å². The van der Waals surface area contributed by atoms with Crippen molar-refractivity contribution in [3.8, 4) is 0 Å². The van der Waals surface area contributed by atoms with Crippen LogP contribution in [0.3, 0.4) is 0 Å². The first-order chi connectivity index (χ1) is 9.70. The number of nitrogens with zero attached hydrogens (tertiary/aromatic N) is 1.